The molecule has 32 heavy (non-hydrogen) atoms. The van der Waals surface area contributed by atoms with Gasteiger partial charge in [0.25, 0.3) is 0 Å². The fourth-order valence-electron chi connectivity index (χ4n) is 3.79. The van der Waals surface area contributed by atoms with E-state index in [4.69, 9.17) is 4.74 Å². The standard InChI is InChI=1S/C28H41NO2S/c1-4-6-8-10-12-22-29(23-13-11-9-7-5-2)25-14-18-27(19-15-25)32-28-20-16-26(17-21-28)31-24(3)30/h14-21H,4-13,22-23H2,1-3H3. The summed E-state index contributed by atoms with van der Waals surface area (Å²) >= 11 is 1.73. The number of unbranched alkanes of at least 4 members (excludes halogenated alkanes) is 8. The second kappa shape index (κ2) is 15.8. The first-order valence-corrected chi connectivity index (χ1v) is 13.3. The van der Waals surface area contributed by atoms with Crippen LogP contribution in [0, 0.1) is 0 Å². The highest BCUT2D eigenvalue weighted by atomic mass is 32.2. The first-order valence-electron chi connectivity index (χ1n) is 12.4. The predicted molar refractivity (Wildman–Crippen MR) is 138 cm³/mol. The van der Waals surface area contributed by atoms with Gasteiger partial charge in [0, 0.05) is 35.5 Å². The summed E-state index contributed by atoms with van der Waals surface area (Å²) in [6.07, 6.45) is 13.2. The van der Waals surface area contributed by atoms with E-state index in [1.54, 1.807) is 11.8 Å². The third kappa shape index (κ3) is 10.6. The molecule has 3 nitrogen and oxygen atoms in total. The Bertz CT molecular complexity index is 744. The van der Waals surface area contributed by atoms with Crippen molar-refractivity contribution in [2.24, 2.45) is 0 Å². The summed E-state index contributed by atoms with van der Waals surface area (Å²) in [4.78, 5) is 16.0. The van der Waals surface area contributed by atoms with Crippen LogP contribution >= 0.6 is 11.8 Å². The molecule has 0 spiro atoms. The normalized spacial score (nSPS) is 10.8. The molecule has 0 saturated heterocycles. The molecule has 0 N–H and O–H groups in total. The number of carbonyl (C=O) groups excluding carboxylic acids is 1. The van der Waals surface area contributed by atoms with E-state index in [0.29, 0.717) is 5.75 Å². The van der Waals surface area contributed by atoms with Gasteiger partial charge in [-0.15, -0.1) is 0 Å². The quantitative estimate of drug-likeness (QED) is 0.144. The van der Waals surface area contributed by atoms with Crippen molar-refractivity contribution in [2.75, 3.05) is 18.0 Å². The molecule has 0 heterocycles. The van der Waals surface area contributed by atoms with Crippen LogP contribution in [0.3, 0.4) is 0 Å². The Morgan fingerprint density at radius 1 is 0.719 bits per heavy atom. The molecule has 176 valence electrons. The SMILES string of the molecule is CCCCCCCN(CCCCCCC)c1ccc(Sc2ccc(OC(C)=O)cc2)cc1. The van der Waals surface area contributed by atoms with Crippen LogP contribution in [0.15, 0.2) is 58.3 Å². The molecule has 4 heteroatoms. The molecule has 0 fully saturated rings. The fraction of sp³-hybridized carbons (Fsp3) is 0.536. The van der Waals surface area contributed by atoms with Gasteiger partial charge in [-0.05, 0) is 61.4 Å². The number of hydrogen-bond donors (Lipinski definition) is 0. The van der Waals surface area contributed by atoms with E-state index >= 15 is 0 Å². The van der Waals surface area contributed by atoms with E-state index in [2.05, 4.69) is 43.0 Å². The topological polar surface area (TPSA) is 29.5 Å². The summed E-state index contributed by atoms with van der Waals surface area (Å²) in [6.45, 7) is 8.28. The Labute approximate surface area is 199 Å². The minimum Gasteiger partial charge on any atom is -0.427 e. The van der Waals surface area contributed by atoms with Crippen molar-refractivity contribution in [2.45, 2.75) is 94.8 Å². The van der Waals surface area contributed by atoms with Gasteiger partial charge in [0.05, 0.1) is 0 Å². The number of ether oxygens (including phenoxy) is 1. The lowest BCUT2D eigenvalue weighted by molar-refractivity contribution is -0.131. The van der Waals surface area contributed by atoms with E-state index in [0.717, 1.165) is 18.0 Å². The highest BCUT2D eigenvalue weighted by Gasteiger charge is 2.08. The van der Waals surface area contributed by atoms with E-state index in [-0.39, 0.29) is 5.97 Å². The summed E-state index contributed by atoms with van der Waals surface area (Å²) in [5, 5.41) is 0. The first-order chi connectivity index (χ1) is 15.6. The van der Waals surface area contributed by atoms with Gasteiger partial charge in [-0.3, -0.25) is 4.79 Å². The monoisotopic (exact) mass is 455 g/mol. The fourth-order valence-corrected chi connectivity index (χ4v) is 4.60. The second-order valence-electron chi connectivity index (χ2n) is 8.48. The summed E-state index contributed by atoms with van der Waals surface area (Å²) < 4.78 is 5.12. The molecule has 0 bridgehead atoms. The van der Waals surface area contributed by atoms with Crippen LogP contribution in [0.25, 0.3) is 0 Å². The van der Waals surface area contributed by atoms with Crippen molar-refractivity contribution >= 4 is 23.4 Å². The molecule has 0 aliphatic heterocycles. The molecule has 0 aliphatic rings. The zero-order valence-electron chi connectivity index (χ0n) is 20.3. The Kier molecular flexibility index (Phi) is 13.0. The van der Waals surface area contributed by atoms with Crippen LogP contribution in [-0.2, 0) is 4.79 Å². The lowest BCUT2D eigenvalue weighted by Gasteiger charge is -2.25. The molecular formula is C28H41NO2S. The maximum Gasteiger partial charge on any atom is 0.308 e. The number of carbonyl (C=O) groups is 1. The molecule has 2 rings (SSSR count). The molecule has 0 aliphatic carbocycles. The Morgan fingerprint density at radius 3 is 1.66 bits per heavy atom. The minimum atomic E-state index is -0.290. The highest BCUT2D eigenvalue weighted by Crippen LogP contribution is 2.30. The van der Waals surface area contributed by atoms with Crippen LogP contribution in [0.5, 0.6) is 5.75 Å². The second-order valence-corrected chi connectivity index (χ2v) is 9.62. The van der Waals surface area contributed by atoms with E-state index in [1.807, 2.05) is 24.3 Å². The van der Waals surface area contributed by atoms with Crippen LogP contribution < -0.4 is 9.64 Å². The summed E-state index contributed by atoms with van der Waals surface area (Å²) in [7, 11) is 0. The van der Waals surface area contributed by atoms with Gasteiger partial charge in [0.2, 0.25) is 0 Å². The Hall–Kier alpha value is -1.94. The van der Waals surface area contributed by atoms with Gasteiger partial charge in [0.15, 0.2) is 0 Å². The number of rotatable bonds is 16. The highest BCUT2D eigenvalue weighted by molar-refractivity contribution is 7.99. The maximum atomic E-state index is 11.1. The average Bonchev–Trinajstić information content (AvgIpc) is 2.79. The minimum absolute atomic E-state index is 0.290. The van der Waals surface area contributed by atoms with Gasteiger partial charge >= 0.3 is 5.97 Å². The lowest BCUT2D eigenvalue weighted by Crippen LogP contribution is -2.25. The maximum absolute atomic E-state index is 11.1. The van der Waals surface area contributed by atoms with Crippen LogP contribution in [-0.4, -0.2) is 19.1 Å². The number of nitrogens with zero attached hydrogens (tertiary/aromatic N) is 1. The van der Waals surface area contributed by atoms with Gasteiger partial charge < -0.3 is 9.64 Å². The first kappa shape index (κ1) is 26.3. The molecule has 0 aromatic heterocycles. The smallest absolute Gasteiger partial charge is 0.308 e. The molecule has 2 aromatic carbocycles. The summed E-state index contributed by atoms with van der Waals surface area (Å²) in [6, 6.07) is 16.7. The summed E-state index contributed by atoms with van der Waals surface area (Å²) in [5.74, 6) is 0.298. The lowest BCUT2D eigenvalue weighted by atomic mass is 10.1. The van der Waals surface area contributed by atoms with E-state index < -0.39 is 0 Å². The zero-order chi connectivity index (χ0) is 23.0. The number of benzene rings is 2. The molecule has 0 saturated carbocycles. The number of hydrogen-bond acceptors (Lipinski definition) is 4. The number of anilines is 1. The van der Waals surface area contributed by atoms with Crippen molar-refractivity contribution in [3.05, 3.63) is 48.5 Å². The molecule has 0 unspecified atom stereocenters. The van der Waals surface area contributed by atoms with Gasteiger partial charge in [-0.25, -0.2) is 0 Å². The molecule has 0 atom stereocenters. The van der Waals surface area contributed by atoms with E-state index in [1.165, 1.54) is 81.7 Å². The number of esters is 1. The third-order valence-electron chi connectivity index (χ3n) is 5.59. The van der Waals surface area contributed by atoms with Crippen LogP contribution in [0.1, 0.15) is 85.0 Å². The Balaban J connectivity index is 1.92. The Morgan fingerprint density at radius 2 is 1.19 bits per heavy atom. The molecule has 2 aromatic rings. The third-order valence-corrected chi connectivity index (χ3v) is 6.60. The van der Waals surface area contributed by atoms with Gasteiger partial charge in [0.1, 0.15) is 5.75 Å². The van der Waals surface area contributed by atoms with Crippen LogP contribution in [0.4, 0.5) is 5.69 Å². The summed E-state index contributed by atoms with van der Waals surface area (Å²) in [5.41, 5.74) is 1.34. The van der Waals surface area contributed by atoms with Crippen LogP contribution in [0.2, 0.25) is 0 Å². The molecule has 0 radical (unpaired) electrons. The van der Waals surface area contributed by atoms with Crippen molar-refractivity contribution in [1.29, 1.82) is 0 Å². The average molecular weight is 456 g/mol. The predicted octanol–water partition coefficient (Wildman–Crippen LogP) is 8.51. The van der Waals surface area contributed by atoms with Gasteiger partial charge in [-0.2, -0.15) is 0 Å². The van der Waals surface area contributed by atoms with Crippen molar-refractivity contribution in [3.63, 3.8) is 0 Å². The van der Waals surface area contributed by atoms with Crippen molar-refractivity contribution in [3.8, 4) is 5.75 Å². The molecule has 0 amide bonds. The van der Waals surface area contributed by atoms with Crippen molar-refractivity contribution in [1.82, 2.24) is 0 Å². The van der Waals surface area contributed by atoms with E-state index in [9.17, 15) is 4.79 Å². The zero-order valence-corrected chi connectivity index (χ0v) is 21.1. The van der Waals surface area contributed by atoms with Gasteiger partial charge in [-0.1, -0.05) is 77.0 Å². The van der Waals surface area contributed by atoms with Crippen molar-refractivity contribution < 1.29 is 9.53 Å². The largest absolute Gasteiger partial charge is 0.427 e. The molecular weight excluding hydrogens is 414 g/mol.